The van der Waals surface area contributed by atoms with Crippen LogP contribution >= 0.6 is 11.6 Å². The van der Waals surface area contributed by atoms with Gasteiger partial charge in [0.15, 0.2) is 6.29 Å². The molecule has 0 aliphatic rings. The Morgan fingerprint density at radius 3 is 2.85 bits per heavy atom. The third-order valence-electron chi connectivity index (χ3n) is 2.69. The highest BCUT2D eigenvalue weighted by atomic mass is 35.5. The predicted molar refractivity (Wildman–Crippen MR) is 72.3 cm³/mol. The molecule has 0 radical (unpaired) electrons. The van der Waals surface area contributed by atoms with E-state index in [0.717, 1.165) is 0 Å². The first-order valence-electron chi connectivity index (χ1n) is 5.70. The lowest BCUT2D eigenvalue weighted by Crippen LogP contribution is -2.01. The molecule has 0 unspecified atom stereocenters. The summed E-state index contributed by atoms with van der Waals surface area (Å²) in [4.78, 5) is 10.9. The summed E-state index contributed by atoms with van der Waals surface area (Å²) in [6.45, 7) is -0.0947. The van der Waals surface area contributed by atoms with Gasteiger partial charge in [-0.25, -0.2) is 4.39 Å². The van der Waals surface area contributed by atoms with Gasteiger partial charge in [0.2, 0.25) is 0 Å². The fraction of sp³-hybridized carbons (Fsp3) is 0.0667. The van der Waals surface area contributed by atoms with Crippen LogP contribution in [0, 0.1) is 17.1 Å². The number of nitriles is 1. The molecule has 0 spiro atoms. The van der Waals surface area contributed by atoms with Crippen LogP contribution in [0.25, 0.3) is 0 Å². The second kappa shape index (κ2) is 6.18. The topological polar surface area (TPSA) is 50.1 Å². The molecule has 0 heterocycles. The van der Waals surface area contributed by atoms with Crippen LogP contribution in [0.2, 0.25) is 5.02 Å². The minimum absolute atomic E-state index is 0.0947. The number of nitrogens with zero attached hydrogens (tertiary/aromatic N) is 1. The van der Waals surface area contributed by atoms with Gasteiger partial charge in [-0.2, -0.15) is 5.26 Å². The van der Waals surface area contributed by atoms with E-state index >= 15 is 0 Å². The summed E-state index contributed by atoms with van der Waals surface area (Å²) in [6.07, 6.45) is 0.583. The van der Waals surface area contributed by atoms with E-state index in [9.17, 15) is 9.18 Å². The highest BCUT2D eigenvalue weighted by Gasteiger charge is 2.09. The molecule has 2 rings (SSSR count). The van der Waals surface area contributed by atoms with Crippen LogP contribution in [0.5, 0.6) is 5.75 Å². The normalized spacial score (nSPS) is 9.85. The van der Waals surface area contributed by atoms with Crippen LogP contribution < -0.4 is 4.74 Å². The monoisotopic (exact) mass is 289 g/mol. The van der Waals surface area contributed by atoms with Gasteiger partial charge in [-0.1, -0.05) is 17.7 Å². The third kappa shape index (κ3) is 2.95. The molecular weight excluding hydrogens is 281 g/mol. The minimum atomic E-state index is -0.473. The summed E-state index contributed by atoms with van der Waals surface area (Å²) in [6, 6.07) is 10.7. The van der Waals surface area contributed by atoms with Crippen molar-refractivity contribution in [2.75, 3.05) is 0 Å². The zero-order valence-corrected chi connectivity index (χ0v) is 11.0. The quantitative estimate of drug-likeness (QED) is 0.806. The molecule has 0 saturated carbocycles. The number of hydrogen-bond donors (Lipinski definition) is 0. The summed E-state index contributed by atoms with van der Waals surface area (Å²) in [7, 11) is 0. The second-order valence-corrected chi connectivity index (χ2v) is 4.38. The van der Waals surface area contributed by atoms with Crippen molar-refractivity contribution in [3.8, 4) is 11.8 Å². The summed E-state index contributed by atoms with van der Waals surface area (Å²) in [5.74, 6) is -0.201. The number of carbonyl (C=O) groups excluding carboxylic acids is 1. The maximum atomic E-state index is 13.6. The molecule has 0 amide bonds. The second-order valence-electron chi connectivity index (χ2n) is 3.98. The van der Waals surface area contributed by atoms with Crippen LogP contribution in [0.15, 0.2) is 36.4 Å². The molecule has 0 aliphatic heterocycles. The number of ether oxygens (including phenoxy) is 1. The number of halogens is 2. The van der Waals surface area contributed by atoms with E-state index in [0.29, 0.717) is 11.8 Å². The third-order valence-corrected chi connectivity index (χ3v) is 3.02. The number of benzene rings is 2. The Kier molecular flexibility index (Phi) is 4.34. The first-order valence-corrected chi connectivity index (χ1v) is 6.08. The van der Waals surface area contributed by atoms with E-state index in [1.165, 1.54) is 18.2 Å². The Balaban J connectivity index is 2.23. The summed E-state index contributed by atoms with van der Waals surface area (Å²) < 4.78 is 19.0. The van der Waals surface area contributed by atoms with Crippen LogP contribution in [0.4, 0.5) is 4.39 Å². The van der Waals surface area contributed by atoms with E-state index < -0.39 is 5.82 Å². The maximum absolute atomic E-state index is 13.6. The van der Waals surface area contributed by atoms with Gasteiger partial charge in [-0.05, 0) is 30.3 Å². The van der Waals surface area contributed by atoms with Crippen LogP contribution in [0.1, 0.15) is 21.5 Å². The molecule has 2 aromatic rings. The summed E-state index contributed by atoms with van der Waals surface area (Å²) >= 11 is 5.86. The number of hydrogen-bond acceptors (Lipinski definition) is 3. The summed E-state index contributed by atoms with van der Waals surface area (Å²) in [5.41, 5.74) is 0.790. The Morgan fingerprint density at radius 1 is 1.35 bits per heavy atom. The van der Waals surface area contributed by atoms with Crippen molar-refractivity contribution in [3.63, 3.8) is 0 Å². The lowest BCUT2D eigenvalue weighted by atomic mass is 10.1. The molecular formula is C15H9ClFNO2. The smallest absolute Gasteiger partial charge is 0.155 e. The first-order chi connectivity index (χ1) is 9.65. The fourth-order valence-electron chi connectivity index (χ4n) is 1.67. The first kappa shape index (κ1) is 14.0. The lowest BCUT2D eigenvalue weighted by molar-refractivity contribution is 0.111. The van der Waals surface area contributed by atoms with Crippen molar-refractivity contribution in [1.82, 2.24) is 0 Å². The molecule has 0 atom stereocenters. The van der Waals surface area contributed by atoms with Crippen molar-refractivity contribution in [2.45, 2.75) is 6.61 Å². The highest BCUT2D eigenvalue weighted by molar-refractivity contribution is 6.33. The van der Waals surface area contributed by atoms with Crippen molar-refractivity contribution < 1.29 is 13.9 Å². The molecule has 3 nitrogen and oxygen atoms in total. The van der Waals surface area contributed by atoms with E-state index in [4.69, 9.17) is 21.6 Å². The Morgan fingerprint density at radius 2 is 2.15 bits per heavy atom. The SMILES string of the molecule is N#Cc1ccc(F)c(COc2cccc(Cl)c2C=O)c1. The van der Waals surface area contributed by atoms with Gasteiger partial charge in [0.25, 0.3) is 0 Å². The van der Waals surface area contributed by atoms with Crippen molar-refractivity contribution in [3.05, 3.63) is 63.9 Å². The van der Waals surface area contributed by atoms with Crippen LogP contribution in [-0.4, -0.2) is 6.29 Å². The lowest BCUT2D eigenvalue weighted by Gasteiger charge is -2.10. The van der Waals surface area contributed by atoms with Gasteiger partial charge >= 0.3 is 0 Å². The summed E-state index contributed by atoms with van der Waals surface area (Å²) in [5, 5.41) is 9.05. The highest BCUT2D eigenvalue weighted by Crippen LogP contribution is 2.25. The van der Waals surface area contributed by atoms with Crippen molar-refractivity contribution >= 4 is 17.9 Å². The van der Waals surface area contributed by atoms with E-state index in [2.05, 4.69) is 0 Å². The van der Waals surface area contributed by atoms with E-state index in [1.807, 2.05) is 6.07 Å². The Labute approximate surface area is 120 Å². The van der Waals surface area contributed by atoms with Crippen LogP contribution in [-0.2, 0) is 6.61 Å². The van der Waals surface area contributed by atoms with Gasteiger partial charge in [-0.3, -0.25) is 4.79 Å². The molecule has 20 heavy (non-hydrogen) atoms. The Bertz CT molecular complexity index is 695. The average Bonchev–Trinajstić information content (AvgIpc) is 2.46. The number of carbonyl (C=O) groups is 1. The van der Waals surface area contributed by atoms with E-state index in [1.54, 1.807) is 18.2 Å². The molecule has 0 saturated heterocycles. The molecule has 0 fully saturated rings. The minimum Gasteiger partial charge on any atom is -0.488 e. The molecule has 0 N–H and O–H groups in total. The number of aldehydes is 1. The standard InChI is InChI=1S/C15H9ClFNO2/c16-13-2-1-3-15(12(13)8-19)20-9-11-6-10(7-18)4-5-14(11)17/h1-6,8H,9H2. The van der Waals surface area contributed by atoms with Gasteiger partial charge in [0.1, 0.15) is 18.2 Å². The fourth-order valence-corrected chi connectivity index (χ4v) is 1.88. The average molecular weight is 290 g/mol. The van der Waals surface area contributed by atoms with Gasteiger partial charge in [-0.15, -0.1) is 0 Å². The Hall–Kier alpha value is -2.38. The molecule has 0 bridgehead atoms. The number of rotatable bonds is 4. The molecule has 100 valence electrons. The van der Waals surface area contributed by atoms with Crippen molar-refractivity contribution in [2.24, 2.45) is 0 Å². The van der Waals surface area contributed by atoms with Crippen molar-refractivity contribution in [1.29, 1.82) is 5.26 Å². The maximum Gasteiger partial charge on any atom is 0.155 e. The molecule has 0 aliphatic carbocycles. The van der Waals surface area contributed by atoms with Crippen LogP contribution in [0.3, 0.4) is 0 Å². The zero-order valence-electron chi connectivity index (χ0n) is 10.3. The predicted octanol–water partition coefficient (Wildman–Crippen LogP) is 3.74. The molecule has 2 aromatic carbocycles. The van der Waals surface area contributed by atoms with Gasteiger partial charge in [0.05, 0.1) is 22.2 Å². The van der Waals surface area contributed by atoms with Gasteiger partial charge in [0, 0.05) is 5.56 Å². The zero-order chi connectivity index (χ0) is 14.5. The molecule has 0 aromatic heterocycles. The van der Waals surface area contributed by atoms with Gasteiger partial charge < -0.3 is 4.74 Å². The van der Waals surface area contributed by atoms with E-state index in [-0.39, 0.29) is 28.5 Å². The molecule has 5 heteroatoms. The largest absolute Gasteiger partial charge is 0.488 e.